The molecular weight excluding hydrogens is 488 g/mol. The van der Waals surface area contributed by atoms with Gasteiger partial charge in [-0.3, -0.25) is 14.4 Å². The Balaban J connectivity index is 2.20. The Morgan fingerprint density at radius 2 is 1.61 bits per heavy atom. The summed E-state index contributed by atoms with van der Waals surface area (Å²) in [4.78, 5) is 52.7. The normalized spacial score (nSPS) is 14.4. The lowest BCUT2D eigenvalue weighted by molar-refractivity contribution is -0.143. The molecule has 0 radical (unpaired) electrons. The van der Waals surface area contributed by atoms with Gasteiger partial charge in [0, 0.05) is 29.3 Å². The van der Waals surface area contributed by atoms with E-state index in [0.717, 1.165) is 16.5 Å². The van der Waals surface area contributed by atoms with Crippen molar-refractivity contribution in [3.05, 3.63) is 36.0 Å². The predicted octanol–water partition coefficient (Wildman–Crippen LogP) is -1.37. The van der Waals surface area contributed by atoms with Gasteiger partial charge < -0.3 is 42.6 Å². The van der Waals surface area contributed by atoms with Crippen molar-refractivity contribution in [3.63, 3.8) is 0 Å². The third kappa shape index (κ3) is 8.22. The highest BCUT2D eigenvalue weighted by Gasteiger charge is 2.30. The number of carbonyl (C=O) groups excluding carboxylic acids is 3. The van der Waals surface area contributed by atoms with Crippen LogP contribution < -0.4 is 27.4 Å². The maximum atomic E-state index is 13.2. The highest BCUT2D eigenvalue weighted by atomic mass is 32.1. The van der Waals surface area contributed by atoms with Crippen LogP contribution in [0.15, 0.2) is 30.5 Å². The van der Waals surface area contributed by atoms with E-state index in [9.17, 15) is 19.2 Å². The number of aromatic nitrogens is 1. The van der Waals surface area contributed by atoms with Crippen LogP contribution in [0, 0.1) is 0 Å². The molecule has 13 heteroatoms. The van der Waals surface area contributed by atoms with Crippen LogP contribution >= 0.6 is 12.6 Å². The number of nitrogens with one attached hydrogen (secondary N) is 4. The number of unbranched alkanes of at least 4 members (excludes halogenated alkanes) is 1. The molecule has 0 fully saturated rings. The summed E-state index contributed by atoms with van der Waals surface area (Å²) in [6.45, 7) is -0.346. The number of H-pyrrole nitrogens is 1. The minimum Gasteiger partial charge on any atom is -0.480 e. The monoisotopic (exact) mass is 522 g/mol. The summed E-state index contributed by atoms with van der Waals surface area (Å²) in [6, 6.07) is 2.78. The molecule has 3 amide bonds. The molecule has 0 saturated carbocycles. The first-order valence-electron chi connectivity index (χ1n) is 11.6. The Morgan fingerprint density at radius 1 is 0.972 bits per heavy atom. The fourth-order valence-electron chi connectivity index (χ4n) is 3.57. The molecule has 36 heavy (non-hydrogen) atoms. The number of carbonyl (C=O) groups is 4. The maximum Gasteiger partial charge on any atom is 0.328 e. The molecule has 1 heterocycles. The van der Waals surface area contributed by atoms with Crippen molar-refractivity contribution in [3.8, 4) is 0 Å². The number of amides is 3. The minimum atomic E-state index is -1.54. The number of hydrogen-bond donors (Lipinski definition) is 9. The average Bonchev–Trinajstić information content (AvgIpc) is 3.27. The summed E-state index contributed by atoms with van der Waals surface area (Å²) in [5, 5.41) is 26.4. The van der Waals surface area contributed by atoms with Gasteiger partial charge in [-0.1, -0.05) is 24.6 Å². The molecule has 198 valence electrons. The SMILES string of the molecule is NCCCCC(N)C(=O)NC(Cc1c[nH]c2ccccc12)C(=O)NC(CS)C(=O)NC(CO)C(=O)O. The van der Waals surface area contributed by atoms with Crippen LogP contribution in [0.2, 0.25) is 0 Å². The maximum absolute atomic E-state index is 13.2. The molecule has 1 aromatic heterocycles. The molecule has 2 aromatic rings. The lowest BCUT2D eigenvalue weighted by atomic mass is 10.0. The quantitative estimate of drug-likeness (QED) is 0.100. The zero-order valence-corrected chi connectivity index (χ0v) is 20.7. The number of rotatable bonds is 15. The molecule has 4 unspecified atom stereocenters. The second kappa shape index (κ2) is 14.4. The van der Waals surface area contributed by atoms with E-state index < -0.39 is 54.5 Å². The van der Waals surface area contributed by atoms with Gasteiger partial charge in [0.25, 0.3) is 0 Å². The second-order valence-electron chi connectivity index (χ2n) is 8.34. The number of carboxylic acid groups (broad SMARTS) is 1. The molecule has 0 aliphatic carbocycles. The highest BCUT2D eigenvalue weighted by Crippen LogP contribution is 2.19. The third-order valence-corrected chi connectivity index (χ3v) is 6.02. The number of aliphatic hydroxyl groups is 1. The highest BCUT2D eigenvalue weighted by molar-refractivity contribution is 7.80. The number of nitrogens with two attached hydrogens (primary N) is 2. The van der Waals surface area contributed by atoms with E-state index in [1.54, 1.807) is 6.20 Å². The number of para-hydroxylation sites is 1. The zero-order valence-electron chi connectivity index (χ0n) is 19.8. The van der Waals surface area contributed by atoms with Crippen molar-refractivity contribution in [2.45, 2.75) is 49.9 Å². The largest absolute Gasteiger partial charge is 0.480 e. The van der Waals surface area contributed by atoms with Crippen molar-refractivity contribution >= 4 is 47.2 Å². The zero-order chi connectivity index (χ0) is 26.7. The number of carboxylic acids is 1. The van der Waals surface area contributed by atoms with E-state index in [-0.39, 0.29) is 12.2 Å². The van der Waals surface area contributed by atoms with Gasteiger partial charge in [0.15, 0.2) is 0 Å². The Labute approximate surface area is 214 Å². The standard InChI is InChI=1S/C23H34N6O6S/c24-8-4-3-6-15(25)20(31)27-17(9-13-10-26-16-7-2-1-5-14(13)16)21(32)29-19(12-36)22(33)28-18(11-30)23(34)35/h1-2,5,7,10,15,17-19,26,30,36H,3-4,6,8-9,11-12,24-25H2,(H,27,31)(H,28,33)(H,29,32)(H,34,35). The summed E-state index contributed by atoms with van der Waals surface area (Å²) < 4.78 is 0. The molecular formula is C23H34N6O6S. The Bertz CT molecular complexity index is 1050. The van der Waals surface area contributed by atoms with Gasteiger partial charge in [0.1, 0.15) is 18.1 Å². The smallest absolute Gasteiger partial charge is 0.328 e. The number of aliphatic hydroxyl groups excluding tert-OH is 1. The van der Waals surface area contributed by atoms with Gasteiger partial charge in [-0.2, -0.15) is 12.6 Å². The minimum absolute atomic E-state index is 0.104. The van der Waals surface area contributed by atoms with E-state index in [1.165, 1.54) is 0 Å². The molecule has 0 saturated heterocycles. The summed E-state index contributed by atoms with van der Waals surface area (Å²) in [5.74, 6) is -3.61. The lowest BCUT2D eigenvalue weighted by Gasteiger charge is -2.24. The summed E-state index contributed by atoms with van der Waals surface area (Å²) >= 11 is 4.08. The van der Waals surface area contributed by atoms with Crippen molar-refractivity contribution in [1.29, 1.82) is 0 Å². The first kappa shape index (κ1) is 29.1. The van der Waals surface area contributed by atoms with Crippen LogP contribution in [-0.2, 0) is 25.6 Å². The van der Waals surface area contributed by atoms with E-state index in [2.05, 4.69) is 33.6 Å². The Hall–Kier alpha value is -3.13. The number of benzene rings is 1. The summed E-state index contributed by atoms with van der Waals surface area (Å²) in [7, 11) is 0. The van der Waals surface area contributed by atoms with Crippen LogP contribution in [0.1, 0.15) is 24.8 Å². The van der Waals surface area contributed by atoms with Gasteiger partial charge in [-0.15, -0.1) is 0 Å². The average molecular weight is 523 g/mol. The van der Waals surface area contributed by atoms with Crippen LogP contribution in [0.4, 0.5) is 0 Å². The predicted molar refractivity (Wildman–Crippen MR) is 137 cm³/mol. The van der Waals surface area contributed by atoms with Crippen molar-refractivity contribution < 1.29 is 29.4 Å². The molecule has 12 nitrogen and oxygen atoms in total. The molecule has 0 aliphatic heterocycles. The Kier molecular flexibility index (Phi) is 11.7. The number of aliphatic carboxylic acids is 1. The van der Waals surface area contributed by atoms with Gasteiger partial charge >= 0.3 is 5.97 Å². The van der Waals surface area contributed by atoms with Crippen molar-refractivity contribution in [1.82, 2.24) is 20.9 Å². The van der Waals surface area contributed by atoms with Crippen LogP contribution in [0.3, 0.4) is 0 Å². The van der Waals surface area contributed by atoms with Crippen LogP contribution in [0.25, 0.3) is 10.9 Å². The summed E-state index contributed by atoms with van der Waals surface area (Å²) in [6.07, 6.45) is 3.60. The van der Waals surface area contributed by atoms with E-state index in [1.807, 2.05) is 24.3 Å². The first-order chi connectivity index (χ1) is 17.2. The number of thiol groups is 1. The molecule has 0 bridgehead atoms. The van der Waals surface area contributed by atoms with Crippen molar-refractivity contribution in [2.75, 3.05) is 18.9 Å². The fourth-order valence-corrected chi connectivity index (χ4v) is 3.83. The molecule has 0 aliphatic rings. The molecule has 0 spiro atoms. The van der Waals surface area contributed by atoms with E-state index >= 15 is 0 Å². The van der Waals surface area contributed by atoms with Gasteiger partial charge in [0.05, 0.1) is 12.6 Å². The molecule has 1 aromatic carbocycles. The second-order valence-corrected chi connectivity index (χ2v) is 8.71. The summed E-state index contributed by atoms with van der Waals surface area (Å²) in [5.41, 5.74) is 13.1. The van der Waals surface area contributed by atoms with Crippen molar-refractivity contribution in [2.24, 2.45) is 11.5 Å². The fraction of sp³-hybridized carbons (Fsp3) is 0.478. The topological polar surface area (TPSA) is 213 Å². The van der Waals surface area contributed by atoms with Crippen LogP contribution in [-0.4, -0.2) is 82.0 Å². The number of hydrogen-bond acceptors (Lipinski definition) is 8. The molecule has 10 N–H and O–H groups in total. The van der Waals surface area contributed by atoms with Gasteiger partial charge in [-0.25, -0.2) is 4.79 Å². The third-order valence-electron chi connectivity index (χ3n) is 5.65. The van der Waals surface area contributed by atoms with Gasteiger partial charge in [0.2, 0.25) is 17.7 Å². The number of fused-ring (bicyclic) bond motifs is 1. The molecule has 4 atom stereocenters. The number of aromatic amines is 1. The first-order valence-corrected chi connectivity index (χ1v) is 12.2. The molecule has 2 rings (SSSR count). The van der Waals surface area contributed by atoms with E-state index in [4.69, 9.17) is 21.7 Å². The van der Waals surface area contributed by atoms with Gasteiger partial charge in [-0.05, 0) is 31.0 Å². The van der Waals surface area contributed by atoms with Crippen LogP contribution in [0.5, 0.6) is 0 Å². The Morgan fingerprint density at radius 3 is 2.25 bits per heavy atom. The lowest BCUT2D eigenvalue weighted by Crippen LogP contribution is -2.58. The van der Waals surface area contributed by atoms with E-state index in [0.29, 0.717) is 25.8 Å².